The van der Waals surface area contributed by atoms with Gasteiger partial charge in [-0.1, -0.05) is 84.3 Å². The van der Waals surface area contributed by atoms with Crippen molar-refractivity contribution >= 4 is 58.2 Å². The monoisotopic (exact) mass is 1020 g/mol. The molecule has 1 aliphatic carbocycles. The number of carbonyl (C=O) groups excluding carboxylic acids is 5. The van der Waals surface area contributed by atoms with Crippen molar-refractivity contribution in [3.63, 3.8) is 0 Å². The molecule has 17 heteroatoms. The van der Waals surface area contributed by atoms with Crippen LogP contribution in [-0.4, -0.2) is 101 Å². The summed E-state index contributed by atoms with van der Waals surface area (Å²) in [6, 6.07) is 18.6. The third-order valence-electron chi connectivity index (χ3n) is 14.2. The summed E-state index contributed by atoms with van der Waals surface area (Å²) in [4.78, 5) is 76.2. The van der Waals surface area contributed by atoms with Crippen LogP contribution in [0.2, 0.25) is 5.02 Å². The molecule has 3 aliphatic rings. The van der Waals surface area contributed by atoms with Gasteiger partial charge in [0.15, 0.2) is 0 Å². The Morgan fingerprint density at radius 2 is 1.71 bits per heavy atom. The van der Waals surface area contributed by atoms with Gasteiger partial charge in [0.2, 0.25) is 17.7 Å². The standard InChI is InChI=1S/C55H68ClN7O8S/c1-32(35-14-16-36(17-15-35)46-33(2)59-31-72-46)60-48(66)44-26-41(70-34(3)64)29-62(44)50(68)47(53(4,5)6)61-45(65)30-69-23-13-11-12-22-58-39-19-21-42-38(24-39)28-63(49(42)67)51-54(7,8)52(55(51,9)10)71-40-20-18-37(27-57)43(56)25-40/h14-21,24-25,31-32,41,44,47,51-52,58H,11-13,22-23,26,28-30H2,1-10H3,(H,60,66)(H,61,65)/t32-,41+,44-,47+,51?,52?/m0/s1. The van der Waals surface area contributed by atoms with Crippen LogP contribution in [0, 0.1) is 34.5 Å². The number of thiazole rings is 1. The van der Waals surface area contributed by atoms with E-state index in [-0.39, 0.29) is 60.4 Å². The number of nitriles is 1. The average molecular weight is 1020 g/mol. The fraction of sp³-hybridized carbons (Fsp3) is 0.509. The second kappa shape index (κ2) is 22.0. The molecule has 2 fully saturated rings. The number of hydrogen-bond donors (Lipinski definition) is 3. The van der Waals surface area contributed by atoms with E-state index < -0.39 is 41.4 Å². The maximum absolute atomic E-state index is 14.4. The highest BCUT2D eigenvalue weighted by molar-refractivity contribution is 7.13. The third-order valence-corrected chi connectivity index (χ3v) is 15.5. The summed E-state index contributed by atoms with van der Waals surface area (Å²) >= 11 is 7.86. The molecule has 4 amide bonds. The summed E-state index contributed by atoms with van der Waals surface area (Å²) < 4.78 is 17.7. The molecule has 1 saturated heterocycles. The number of amides is 4. The number of unbranched alkanes of at least 4 members (excludes halogenated alkanes) is 2. The average Bonchev–Trinajstić information content (AvgIpc) is 4.03. The van der Waals surface area contributed by atoms with Crippen molar-refractivity contribution in [2.24, 2.45) is 16.2 Å². The summed E-state index contributed by atoms with van der Waals surface area (Å²) in [5.41, 5.74) is 6.24. The molecule has 0 spiro atoms. The van der Waals surface area contributed by atoms with Crippen molar-refractivity contribution in [2.45, 2.75) is 138 Å². The number of benzene rings is 3. The van der Waals surface area contributed by atoms with Gasteiger partial charge in [-0.2, -0.15) is 5.26 Å². The van der Waals surface area contributed by atoms with Crippen LogP contribution in [0.1, 0.15) is 127 Å². The molecule has 3 heterocycles. The van der Waals surface area contributed by atoms with Gasteiger partial charge in [-0.15, -0.1) is 11.3 Å². The van der Waals surface area contributed by atoms with Crippen LogP contribution in [0.25, 0.3) is 10.4 Å². The Morgan fingerprint density at radius 1 is 0.986 bits per heavy atom. The van der Waals surface area contributed by atoms with Gasteiger partial charge in [0.05, 0.1) is 39.3 Å². The number of esters is 1. The van der Waals surface area contributed by atoms with Gasteiger partial charge in [-0.3, -0.25) is 24.0 Å². The lowest BCUT2D eigenvalue weighted by molar-refractivity contribution is -0.199. The van der Waals surface area contributed by atoms with E-state index in [0.717, 1.165) is 52.2 Å². The predicted molar refractivity (Wildman–Crippen MR) is 277 cm³/mol. The molecule has 1 aromatic heterocycles. The largest absolute Gasteiger partial charge is 0.489 e. The van der Waals surface area contributed by atoms with Crippen molar-refractivity contribution in [1.29, 1.82) is 5.26 Å². The molecule has 3 aromatic carbocycles. The second-order valence-corrected chi connectivity index (χ2v) is 22.9. The SMILES string of the molecule is CC(=O)O[C@@H]1C[C@@H](C(=O)N[C@@H](C)c2ccc(-c3scnc3C)cc2)N(C(=O)[C@@H](NC(=O)COCCCCCNc2ccc3c(c2)CN(C2C(C)(C)C(Oc4ccc(C#N)c(Cl)c4)C2(C)C)C3=O)C(C)(C)C)C1. The zero-order valence-electron chi connectivity index (χ0n) is 43.0. The molecule has 15 nitrogen and oxygen atoms in total. The lowest BCUT2D eigenvalue weighted by Gasteiger charge is -2.65. The maximum atomic E-state index is 14.4. The minimum absolute atomic E-state index is 0.0121. The molecule has 4 aromatic rings. The summed E-state index contributed by atoms with van der Waals surface area (Å²) in [6.45, 7) is 20.5. The minimum atomic E-state index is -0.989. The first-order valence-electron chi connectivity index (χ1n) is 24.7. The number of carbonyl (C=O) groups is 5. The lowest BCUT2D eigenvalue weighted by Crippen LogP contribution is -2.74. The Bertz CT molecular complexity index is 2690. The number of likely N-dealkylation sites (tertiary alicyclic amines) is 1. The molecule has 384 valence electrons. The number of ether oxygens (including phenoxy) is 3. The van der Waals surface area contributed by atoms with Crippen molar-refractivity contribution in [3.8, 4) is 22.3 Å². The molecular weight excluding hydrogens is 954 g/mol. The fourth-order valence-corrected chi connectivity index (χ4v) is 12.1. The first-order valence-corrected chi connectivity index (χ1v) is 26.0. The van der Waals surface area contributed by atoms with Gasteiger partial charge in [0, 0.05) is 67.2 Å². The Labute approximate surface area is 432 Å². The van der Waals surface area contributed by atoms with Crippen molar-refractivity contribution in [3.05, 3.63) is 99.1 Å². The summed E-state index contributed by atoms with van der Waals surface area (Å²) in [5.74, 6) is -1.18. The van der Waals surface area contributed by atoms with E-state index in [1.165, 1.54) is 11.8 Å². The molecule has 7 rings (SSSR count). The zero-order valence-corrected chi connectivity index (χ0v) is 44.6. The first kappa shape index (κ1) is 53.8. The van der Waals surface area contributed by atoms with Gasteiger partial charge in [-0.25, -0.2) is 4.98 Å². The van der Waals surface area contributed by atoms with Crippen LogP contribution < -0.4 is 20.7 Å². The number of hydrogen-bond acceptors (Lipinski definition) is 12. The number of anilines is 1. The maximum Gasteiger partial charge on any atom is 0.302 e. The first-order chi connectivity index (χ1) is 34.0. The summed E-state index contributed by atoms with van der Waals surface area (Å²) in [7, 11) is 0. The molecular formula is C55H68ClN7O8S. The smallest absolute Gasteiger partial charge is 0.302 e. The van der Waals surface area contributed by atoms with E-state index in [9.17, 15) is 29.2 Å². The number of aryl methyl sites for hydroxylation is 1. The molecule has 0 unspecified atom stereocenters. The summed E-state index contributed by atoms with van der Waals surface area (Å²) in [6.07, 6.45) is 1.66. The van der Waals surface area contributed by atoms with Crippen LogP contribution in [0.4, 0.5) is 5.69 Å². The van der Waals surface area contributed by atoms with Crippen LogP contribution in [0.15, 0.2) is 66.2 Å². The molecule has 1 saturated carbocycles. The molecule has 3 N–H and O–H groups in total. The third kappa shape index (κ3) is 11.7. The molecule has 72 heavy (non-hydrogen) atoms. The molecule has 0 bridgehead atoms. The second-order valence-electron chi connectivity index (χ2n) is 21.6. The van der Waals surface area contributed by atoms with Crippen molar-refractivity contribution in [1.82, 2.24) is 25.4 Å². The predicted octanol–water partition coefficient (Wildman–Crippen LogP) is 9.02. The Hall–Kier alpha value is -6.02. The van der Waals surface area contributed by atoms with Crippen LogP contribution in [0.3, 0.4) is 0 Å². The normalized spacial score (nSPS) is 20.7. The van der Waals surface area contributed by atoms with E-state index in [2.05, 4.69) is 60.8 Å². The number of nitrogens with zero attached hydrogens (tertiary/aromatic N) is 4. The van der Waals surface area contributed by atoms with E-state index in [1.54, 1.807) is 29.5 Å². The van der Waals surface area contributed by atoms with Crippen molar-refractivity contribution in [2.75, 3.05) is 31.6 Å². The van der Waals surface area contributed by atoms with E-state index in [1.807, 2.05) is 81.4 Å². The number of halogens is 1. The quantitative estimate of drug-likeness (QED) is 0.0600. The Kier molecular flexibility index (Phi) is 16.4. The highest BCUT2D eigenvalue weighted by Gasteiger charge is 2.67. The van der Waals surface area contributed by atoms with Crippen LogP contribution in [-0.2, 0) is 35.2 Å². The number of nitrogens with one attached hydrogen (secondary N) is 3. The highest BCUT2D eigenvalue weighted by atomic mass is 35.5. The Morgan fingerprint density at radius 3 is 2.35 bits per heavy atom. The number of rotatable bonds is 19. The fourth-order valence-electron chi connectivity index (χ4n) is 11.1. The molecule has 4 atom stereocenters. The van der Waals surface area contributed by atoms with Crippen LogP contribution >= 0.6 is 22.9 Å². The van der Waals surface area contributed by atoms with E-state index in [0.29, 0.717) is 41.6 Å². The van der Waals surface area contributed by atoms with Crippen molar-refractivity contribution < 1.29 is 38.2 Å². The number of aromatic nitrogens is 1. The van der Waals surface area contributed by atoms with E-state index >= 15 is 0 Å². The summed E-state index contributed by atoms with van der Waals surface area (Å²) in [5, 5.41) is 19.0. The minimum Gasteiger partial charge on any atom is -0.489 e. The van der Waals surface area contributed by atoms with Gasteiger partial charge in [-0.05, 0) is 85.5 Å². The Balaban J connectivity index is 0.848. The topological polar surface area (TPSA) is 192 Å². The zero-order chi connectivity index (χ0) is 52.3. The van der Waals surface area contributed by atoms with Gasteiger partial charge in [0.1, 0.15) is 42.7 Å². The molecule has 0 radical (unpaired) electrons. The van der Waals surface area contributed by atoms with Gasteiger partial charge >= 0.3 is 5.97 Å². The molecule has 2 aliphatic heterocycles. The van der Waals surface area contributed by atoms with Crippen LogP contribution in [0.5, 0.6) is 5.75 Å². The van der Waals surface area contributed by atoms with Gasteiger partial charge < -0.3 is 40.0 Å². The van der Waals surface area contributed by atoms with E-state index in [4.69, 9.17) is 25.8 Å². The lowest BCUT2D eigenvalue weighted by atomic mass is 9.49. The number of fused-ring (bicyclic) bond motifs is 1. The highest BCUT2D eigenvalue weighted by Crippen LogP contribution is 2.59. The van der Waals surface area contributed by atoms with Gasteiger partial charge in [0.25, 0.3) is 5.91 Å².